The van der Waals surface area contributed by atoms with Crippen LogP contribution in [0.4, 0.5) is 0 Å². The van der Waals surface area contributed by atoms with E-state index in [9.17, 15) is 9.59 Å². The number of carbonyl (C=O) groups excluding carboxylic acids is 1. The average Bonchev–Trinajstić information content (AvgIpc) is 2.86. The van der Waals surface area contributed by atoms with Gasteiger partial charge in [-0.2, -0.15) is 5.10 Å². The molecule has 1 N–H and O–H groups in total. The van der Waals surface area contributed by atoms with Gasteiger partial charge in [0, 0.05) is 31.4 Å². The van der Waals surface area contributed by atoms with E-state index in [0.29, 0.717) is 36.2 Å². The zero-order valence-electron chi connectivity index (χ0n) is 19.2. The average molecular weight is 483 g/mol. The van der Waals surface area contributed by atoms with Gasteiger partial charge in [0.1, 0.15) is 5.75 Å². The fourth-order valence-electron chi connectivity index (χ4n) is 4.02. The topological polar surface area (TPSA) is 85.7 Å². The molecule has 0 spiro atoms. The van der Waals surface area contributed by atoms with E-state index in [2.05, 4.69) is 15.3 Å². The van der Waals surface area contributed by atoms with Crippen LogP contribution in [-0.4, -0.2) is 60.5 Å². The molecule has 0 bridgehead atoms. The minimum absolute atomic E-state index is 0.0880. The Labute approximate surface area is 203 Å². The Bertz CT molecular complexity index is 1210. The second kappa shape index (κ2) is 10.8. The first-order valence-corrected chi connectivity index (χ1v) is 11.5. The summed E-state index contributed by atoms with van der Waals surface area (Å²) in [7, 11) is 1.62. The smallest absolute Gasteiger partial charge is 0.275 e. The van der Waals surface area contributed by atoms with Crippen LogP contribution in [0.1, 0.15) is 27.8 Å². The Morgan fingerprint density at radius 1 is 1.18 bits per heavy atom. The van der Waals surface area contributed by atoms with E-state index in [1.807, 2.05) is 36.4 Å². The maximum Gasteiger partial charge on any atom is 0.275 e. The highest BCUT2D eigenvalue weighted by molar-refractivity contribution is 6.32. The lowest BCUT2D eigenvalue weighted by atomic mass is 10.0. The van der Waals surface area contributed by atoms with Crippen LogP contribution in [0.25, 0.3) is 5.69 Å². The molecule has 3 aromatic rings. The number of rotatable bonds is 7. The van der Waals surface area contributed by atoms with Crippen molar-refractivity contribution < 1.29 is 14.3 Å². The van der Waals surface area contributed by atoms with Crippen molar-refractivity contribution in [3.8, 4) is 11.4 Å². The summed E-state index contributed by atoms with van der Waals surface area (Å²) in [6.45, 7) is 4.80. The van der Waals surface area contributed by atoms with Gasteiger partial charge in [-0.15, -0.1) is 0 Å². The second-order valence-corrected chi connectivity index (χ2v) is 8.42. The largest absolute Gasteiger partial charge is 0.497 e. The molecule has 1 saturated heterocycles. The zero-order valence-corrected chi connectivity index (χ0v) is 19.9. The van der Waals surface area contributed by atoms with Crippen molar-refractivity contribution in [1.29, 1.82) is 0 Å². The van der Waals surface area contributed by atoms with Crippen LogP contribution in [0, 0.1) is 6.92 Å². The van der Waals surface area contributed by atoms with Gasteiger partial charge in [0.25, 0.3) is 5.91 Å². The van der Waals surface area contributed by atoms with E-state index in [1.54, 1.807) is 26.2 Å². The van der Waals surface area contributed by atoms with E-state index >= 15 is 0 Å². The number of nitrogens with zero attached hydrogens (tertiary/aromatic N) is 3. The van der Waals surface area contributed by atoms with Crippen LogP contribution in [0.5, 0.6) is 5.75 Å². The van der Waals surface area contributed by atoms with Gasteiger partial charge in [0.2, 0.25) is 5.43 Å². The van der Waals surface area contributed by atoms with Gasteiger partial charge in [-0.05, 0) is 36.8 Å². The summed E-state index contributed by atoms with van der Waals surface area (Å²) < 4.78 is 12.3. The number of amides is 1. The van der Waals surface area contributed by atoms with Crippen molar-refractivity contribution in [2.75, 3.05) is 40.0 Å². The van der Waals surface area contributed by atoms with Crippen molar-refractivity contribution in [2.24, 2.45) is 0 Å². The summed E-state index contributed by atoms with van der Waals surface area (Å²) in [6, 6.07) is 16.2. The zero-order chi connectivity index (χ0) is 24.1. The summed E-state index contributed by atoms with van der Waals surface area (Å²) in [5, 5.41) is 7.73. The maximum absolute atomic E-state index is 13.1. The van der Waals surface area contributed by atoms with Crippen molar-refractivity contribution in [3.63, 3.8) is 0 Å². The Hall–Kier alpha value is -3.20. The van der Waals surface area contributed by atoms with Crippen molar-refractivity contribution in [3.05, 3.63) is 86.8 Å². The van der Waals surface area contributed by atoms with E-state index < -0.39 is 11.3 Å². The Kier molecular flexibility index (Phi) is 7.62. The first-order valence-electron chi connectivity index (χ1n) is 11.1. The van der Waals surface area contributed by atoms with Crippen LogP contribution in [0.3, 0.4) is 0 Å². The number of nitrogens with one attached hydrogen (secondary N) is 1. The van der Waals surface area contributed by atoms with Gasteiger partial charge in [-0.3, -0.25) is 14.5 Å². The highest BCUT2D eigenvalue weighted by Gasteiger charge is 2.25. The van der Waals surface area contributed by atoms with Crippen molar-refractivity contribution in [1.82, 2.24) is 20.0 Å². The highest BCUT2D eigenvalue weighted by atomic mass is 35.5. The molecule has 0 radical (unpaired) electrons. The summed E-state index contributed by atoms with van der Waals surface area (Å²) >= 11 is 6.32. The Morgan fingerprint density at radius 3 is 2.56 bits per heavy atom. The first-order chi connectivity index (χ1) is 16.5. The molecule has 34 heavy (non-hydrogen) atoms. The summed E-state index contributed by atoms with van der Waals surface area (Å²) in [5.41, 5.74) is 1.60. The molecule has 0 saturated carbocycles. The number of benzene rings is 2. The number of carbonyl (C=O) groups is 1. The summed E-state index contributed by atoms with van der Waals surface area (Å²) in [5.74, 6) is 0.232. The normalized spacial score (nSPS) is 15.0. The lowest BCUT2D eigenvalue weighted by molar-refractivity contribution is 0.0162. The predicted octanol–water partition coefficient (Wildman–Crippen LogP) is 3.01. The van der Waals surface area contributed by atoms with Gasteiger partial charge in [0.05, 0.1) is 37.1 Å². The molecular formula is C25H27ClN4O4. The molecule has 2 heterocycles. The van der Waals surface area contributed by atoms with Crippen molar-refractivity contribution in [2.45, 2.75) is 13.0 Å². The van der Waals surface area contributed by atoms with Crippen LogP contribution in [-0.2, 0) is 4.74 Å². The van der Waals surface area contributed by atoms with E-state index in [1.165, 1.54) is 10.7 Å². The molecule has 178 valence electrons. The molecule has 0 aliphatic carbocycles. The second-order valence-electron chi connectivity index (χ2n) is 8.01. The fourth-order valence-corrected chi connectivity index (χ4v) is 4.23. The van der Waals surface area contributed by atoms with Crippen LogP contribution >= 0.6 is 11.6 Å². The molecular weight excluding hydrogens is 456 g/mol. The van der Waals surface area contributed by atoms with E-state index in [0.717, 1.165) is 24.4 Å². The van der Waals surface area contributed by atoms with Crippen LogP contribution in [0.15, 0.2) is 59.4 Å². The molecule has 1 unspecified atom stereocenters. The van der Waals surface area contributed by atoms with Crippen LogP contribution < -0.4 is 15.5 Å². The van der Waals surface area contributed by atoms with Gasteiger partial charge >= 0.3 is 0 Å². The molecule has 9 heteroatoms. The molecule has 8 nitrogen and oxygen atoms in total. The number of methoxy groups -OCH3 is 1. The molecule has 1 amide bonds. The number of aryl methyl sites for hydroxylation is 1. The Balaban J connectivity index is 1.58. The fraction of sp³-hybridized carbons (Fsp3) is 0.320. The molecule has 1 aliphatic rings. The van der Waals surface area contributed by atoms with E-state index in [4.69, 9.17) is 21.1 Å². The maximum atomic E-state index is 13.1. The molecule has 1 atom stereocenters. The standard InChI is InChI=1S/C25H27ClN4O4/c1-17-15-23(31)24(28-30(17)21-6-4-3-5-20(21)26)25(32)27-16-22(29-11-13-34-14-12-29)18-7-9-19(33-2)10-8-18/h3-10,15,22H,11-14,16H2,1-2H3,(H,27,32). The lowest BCUT2D eigenvalue weighted by Gasteiger charge is -2.35. The number of para-hydroxylation sites is 1. The van der Waals surface area contributed by atoms with Gasteiger partial charge < -0.3 is 14.8 Å². The van der Waals surface area contributed by atoms with Gasteiger partial charge in [-0.1, -0.05) is 35.9 Å². The lowest BCUT2D eigenvalue weighted by Crippen LogP contribution is -2.44. The number of ether oxygens (including phenoxy) is 2. The first kappa shape index (κ1) is 23.9. The predicted molar refractivity (Wildman–Crippen MR) is 130 cm³/mol. The number of hydrogen-bond donors (Lipinski definition) is 1. The molecule has 2 aromatic carbocycles. The number of halogens is 1. The summed E-state index contributed by atoms with van der Waals surface area (Å²) in [4.78, 5) is 28.0. The number of morpholine rings is 1. The van der Waals surface area contributed by atoms with Crippen molar-refractivity contribution >= 4 is 17.5 Å². The third-order valence-electron chi connectivity index (χ3n) is 5.85. The van der Waals surface area contributed by atoms with Gasteiger partial charge in [-0.25, -0.2) is 4.68 Å². The minimum atomic E-state index is -0.530. The summed E-state index contributed by atoms with van der Waals surface area (Å²) in [6.07, 6.45) is 0. The number of aromatic nitrogens is 2. The third-order valence-corrected chi connectivity index (χ3v) is 6.17. The third kappa shape index (κ3) is 5.30. The number of hydrogen-bond acceptors (Lipinski definition) is 6. The minimum Gasteiger partial charge on any atom is -0.497 e. The van der Waals surface area contributed by atoms with E-state index in [-0.39, 0.29) is 11.7 Å². The Morgan fingerprint density at radius 2 is 1.88 bits per heavy atom. The monoisotopic (exact) mass is 482 g/mol. The van der Waals surface area contributed by atoms with Gasteiger partial charge in [0.15, 0.2) is 5.69 Å². The quantitative estimate of drug-likeness (QED) is 0.557. The van der Waals surface area contributed by atoms with Crippen LogP contribution in [0.2, 0.25) is 5.02 Å². The SMILES string of the molecule is COc1ccc(C(CNC(=O)c2nn(-c3ccccc3Cl)c(C)cc2=O)N2CCOCC2)cc1. The molecule has 4 rings (SSSR count). The highest BCUT2D eigenvalue weighted by Crippen LogP contribution is 2.24. The molecule has 1 aromatic heterocycles. The molecule has 1 fully saturated rings. The molecule has 1 aliphatic heterocycles.